The van der Waals surface area contributed by atoms with Crippen LogP contribution < -0.4 is 5.56 Å². The van der Waals surface area contributed by atoms with E-state index in [4.69, 9.17) is 12.2 Å². The zero-order valence-corrected chi connectivity index (χ0v) is 14.6. The quantitative estimate of drug-likeness (QED) is 0.688. The number of rotatable bonds is 3. The zero-order chi connectivity index (χ0) is 17.3. The van der Waals surface area contributed by atoms with Gasteiger partial charge in [-0.2, -0.15) is 0 Å². The first-order valence-corrected chi connectivity index (χ1v) is 8.59. The molecule has 1 amide bonds. The van der Waals surface area contributed by atoms with Crippen LogP contribution in [-0.2, 0) is 6.54 Å². The number of hydrogen-bond donors (Lipinski definition) is 1. The van der Waals surface area contributed by atoms with Crippen molar-refractivity contribution in [3.8, 4) is 0 Å². The maximum atomic E-state index is 12.7. The second kappa shape index (κ2) is 6.73. The molecule has 0 bridgehead atoms. The van der Waals surface area contributed by atoms with Gasteiger partial charge in [-0.1, -0.05) is 13.0 Å². The Morgan fingerprint density at radius 1 is 1.42 bits per heavy atom. The van der Waals surface area contributed by atoms with Gasteiger partial charge in [0, 0.05) is 25.2 Å². The molecule has 0 atom stereocenters. The summed E-state index contributed by atoms with van der Waals surface area (Å²) < 4.78 is 1.79. The highest BCUT2D eigenvalue weighted by atomic mass is 32.1. The van der Waals surface area contributed by atoms with Crippen molar-refractivity contribution < 1.29 is 4.79 Å². The van der Waals surface area contributed by atoms with Crippen molar-refractivity contribution in [2.75, 3.05) is 13.1 Å². The smallest absolute Gasteiger partial charge is 0.262 e. The molecule has 1 fully saturated rings. The van der Waals surface area contributed by atoms with Crippen LogP contribution in [0.5, 0.6) is 0 Å². The Labute approximate surface area is 145 Å². The van der Waals surface area contributed by atoms with Crippen molar-refractivity contribution in [3.63, 3.8) is 0 Å². The topological polar surface area (TPSA) is 58.1 Å². The van der Waals surface area contributed by atoms with Crippen LogP contribution in [0.15, 0.2) is 35.6 Å². The summed E-state index contributed by atoms with van der Waals surface area (Å²) in [5, 5.41) is 0.522. The summed E-state index contributed by atoms with van der Waals surface area (Å²) >= 11 is 5.24. The third-order valence-corrected chi connectivity index (χ3v) is 4.93. The predicted octanol–water partition coefficient (Wildman–Crippen LogP) is 3.12. The van der Waals surface area contributed by atoms with Crippen molar-refractivity contribution in [1.82, 2.24) is 14.5 Å². The molecule has 1 aliphatic rings. The Hall–Kier alpha value is -2.21. The molecule has 126 valence electrons. The molecule has 0 aliphatic carbocycles. The molecule has 0 radical (unpaired) electrons. The summed E-state index contributed by atoms with van der Waals surface area (Å²) in [5.74, 6) is 0.684. The molecule has 1 aromatic heterocycles. The normalized spacial score (nSPS) is 15.6. The number of benzene rings is 1. The van der Waals surface area contributed by atoms with Gasteiger partial charge in [0.05, 0.1) is 10.9 Å². The number of nitrogens with zero attached hydrogens (tertiary/aromatic N) is 2. The van der Waals surface area contributed by atoms with Gasteiger partial charge in [-0.05, 0) is 49.2 Å². The number of H-pyrrole nitrogens is 1. The van der Waals surface area contributed by atoms with E-state index >= 15 is 0 Å². The summed E-state index contributed by atoms with van der Waals surface area (Å²) in [5.41, 5.74) is 1.02. The number of amides is 1. The number of piperidine rings is 1. The van der Waals surface area contributed by atoms with E-state index in [1.807, 2.05) is 4.90 Å². The minimum atomic E-state index is -0.167. The van der Waals surface area contributed by atoms with E-state index in [1.165, 1.54) is 4.57 Å². The lowest BCUT2D eigenvalue weighted by Crippen LogP contribution is -2.37. The predicted molar refractivity (Wildman–Crippen MR) is 97.9 cm³/mol. The second-order valence-corrected chi connectivity index (χ2v) is 6.76. The summed E-state index contributed by atoms with van der Waals surface area (Å²) in [6.07, 6.45) is 3.70. The number of nitrogens with one attached hydrogen (secondary N) is 1. The maximum absolute atomic E-state index is 12.7. The highest BCUT2D eigenvalue weighted by Gasteiger charge is 2.21. The van der Waals surface area contributed by atoms with Crippen LogP contribution in [0.4, 0.5) is 0 Å². The number of allylic oxidation sites excluding steroid dienone is 1. The Morgan fingerprint density at radius 2 is 2.12 bits per heavy atom. The van der Waals surface area contributed by atoms with Crippen LogP contribution in [0.25, 0.3) is 10.9 Å². The molecule has 1 N–H and O–H groups in total. The molecular weight excluding hydrogens is 322 g/mol. The van der Waals surface area contributed by atoms with Crippen LogP contribution in [0.1, 0.15) is 30.1 Å². The number of likely N-dealkylation sites (tertiary alicyclic amines) is 1. The van der Waals surface area contributed by atoms with Crippen molar-refractivity contribution in [2.45, 2.75) is 26.3 Å². The monoisotopic (exact) mass is 343 g/mol. The van der Waals surface area contributed by atoms with Gasteiger partial charge in [-0.15, -0.1) is 6.58 Å². The molecule has 3 rings (SSSR count). The molecule has 24 heavy (non-hydrogen) atoms. The van der Waals surface area contributed by atoms with E-state index in [0.29, 0.717) is 33.7 Å². The van der Waals surface area contributed by atoms with Gasteiger partial charge in [-0.3, -0.25) is 14.2 Å². The second-order valence-electron chi connectivity index (χ2n) is 6.37. The minimum Gasteiger partial charge on any atom is -0.339 e. The molecule has 0 unspecified atom stereocenters. The molecule has 5 nitrogen and oxygen atoms in total. The number of fused-ring (bicyclic) bond motifs is 1. The van der Waals surface area contributed by atoms with Crippen LogP contribution in [0.2, 0.25) is 0 Å². The number of carbonyl (C=O) groups is 1. The van der Waals surface area contributed by atoms with Crippen molar-refractivity contribution in [1.29, 1.82) is 0 Å². The molecule has 1 aromatic carbocycles. The Balaban J connectivity index is 1.98. The van der Waals surface area contributed by atoms with Gasteiger partial charge >= 0.3 is 0 Å². The van der Waals surface area contributed by atoms with E-state index in [-0.39, 0.29) is 11.5 Å². The fourth-order valence-electron chi connectivity index (χ4n) is 3.08. The summed E-state index contributed by atoms with van der Waals surface area (Å²) in [4.78, 5) is 30.1. The Morgan fingerprint density at radius 3 is 2.79 bits per heavy atom. The van der Waals surface area contributed by atoms with Gasteiger partial charge < -0.3 is 9.88 Å². The standard InChI is InChI=1S/C18H21N3O2S/c1-3-8-21-17(23)14-5-4-13(11-15(14)19-18(21)24)16(22)20-9-6-12(2)7-10-20/h3-5,11-12H,1,6-10H2,2H3,(H,19,24). The first kappa shape index (κ1) is 16.6. The van der Waals surface area contributed by atoms with Gasteiger partial charge in [-0.25, -0.2) is 0 Å². The van der Waals surface area contributed by atoms with Gasteiger partial charge in [0.25, 0.3) is 11.5 Å². The Kier molecular flexibility index (Phi) is 4.66. The molecule has 2 aromatic rings. The van der Waals surface area contributed by atoms with E-state index < -0.39 is 0 Å². The summed E-state index contributed by atoms with van der Waals surface area (Å²) in [7, 11) is 0. The number of aromatic amines is 1. The lowest BCUT2D eigenvalue weighted by molar-refractivity contribution is 0.0697. The van der Waals surface area contributed by atoms with Crippen LogP contribution in [0.3, 0.4) is 0 Å². The molecular formula is C18H21N3O2S. The highest BCUT2D eigenvalue weighted by Crippen LogP contribution is 2.19. The van der Waals surface area contributed by atoms with Gasteiger partial charge in [0.2, 0.25) is 0 Å². The fraction of sp³-hybridized carbons (Fsp3) is 0.389. The zero-order valence-electron chi connectivity index (χ0n) is 13.7. The van der Waals surface area contributed by atoms with E-state index in [1.54, 1.807) is 24.3 Å². The molecule has 0 spiro atoms. The van der Waals surface area contributed by atoms with E-state index in [2.05, 4.69) is 18.5 Å². The molecule has 2 heterocycles. The fourth-order valence-corrected chi connectivity index (χ4v) is 3.34. The molecule has 1 saturated heterocycles. The van der Waals surface area contributed by atoms with E-state index in [9.17, 15) is 9.59 Å². The third kappa shape index (κ3) is 3.06. The average Bonchev–Trinajstić information content (AvgIpc) is 2.58. The summed E-state index contributed by atoms with van der Waals surface area (Å²) in [6, 6.07) is 5.15. The largest absolute Gasteiger partial charge is 0.339 e. The molecule has 6 heteroatoms. The van der Waals surface area contributed by atoms with Gasteiger partial charge in [0.1, 0.15) is 0 Å². The highest BCUT2D eigenvalue weighted by molar-refractivity contribution is 7.71. The van der Waals surface area contributed by atoms with Gasteiger partial charge in [0.15, 0.2) is 4.77 Å². The molecule has 0 saturated carbocycles. The van der Waals surface area contributed by atoms with Crippen LogP contribution in [-0.4, -0.2) is 33.4 Å². The summed E-state index contributed by atoms with van der Waals surface area (Å²) in [6.45, 7) is 7.79. The first-order chi connectivity index (χ1) is 11.5. The number of carbonyl (C=O) groups excluding carboxylic acids is 1. The minimum absolute atomic E-state index is 0.0124. The van der Waals surface area contributed by atoms with Crippen molar-refractivity contribution in [3.05, 3.63) is 51.5 Å². The third-order valence-electron chi connectivity index (χ3n) is 4.61. The SMILES string of the molecule is C=CCn1c(=S)[nH]c2cc(C(=O)N3CCC(C)CC3)ccc2c1=O. The van der Waals surface area contributed by atoms with Crippen molar-refractivity contribution >= 4 is 29.0 Å². The number of hydrogen-bond acceptors (Lipinski definition) is 3. The van der Waals surface area contributed by atoms with E-state index in [0.717, 1.165) is 25.9 Å². The molecule has 1 aliphatic heterocycles. The average molecular weight is 343 g/mol. The lowest BCUT2D eigenvalue weighted by Gasteiger charge is -2.30. The lowest BCUT2D eigenvalue weighted by atomic mass is 9.98. The number of aromatic nitrogens is 2. The van der Waals surface area contributed by atoms with Crippen molar-refractivity contribution in [2.24, 2.45) is 5.92 Å². The van der Waals surface area contributed by atoms with Crippen LogP contribution in [0, 0.1) is 10.7 Å². The van der Waals surface area contributed by atoms with Crippen LogP contribution >= 0.6 is 12.2 Å². The first-order valence-electron chi connectivity index (χ1n) is 8.18. The maximum Gasteiger partial charge on any atom is 0.262 e. The Bertz CT molecular complexity index is 905.